The van der Waals surface area contributed by atoms with E-state index in [1.165, 1.54) is 0 Å². The SMILES string of the molecule is CC(NC(=O)C1(N)CCCCC1)c1nnc2ccccn12.Cl.Cl. The molecule has 3 N–H and O–H groups in total. The molecule has 2 aromatic rings. The van der Waals surface area contributed by atoms with Gasteiger partial charge in [-0.15, -0.1) is 35.0 Å². The number of amides is 1. The van der Waals surface area contributed by atoms with Crippen molar-refractivity contribution in [3.05, 3.63) is 30.2 Å². The van der Waals surface area contributed by atoms with Crippen LogP contribution in [0.25, 0.3) is 5.65 Å². The zero-order valence-corrected chi connectivity index (χ0v) is 14.7. The first-order valence-electron chi connectivity index (χ1n) is 7.50. The highest BCUT2D eigenvalue weighted by atomic mass is 35.5. The molecule has 0 bridgehead atoms. The van der Waals surface area contributed by atoms with Crippen LogP contribution in [0.15, 0.2) is 24.4 Å². The molecule has 1 amide bonds. The Morgan fingerprint density at radius 2 is 1.96 bits per heavy atom. The van der Waals surface area contributed by atoms with Gasteiger partial charge in [0.05, 0.1) is 11.6 Å². The summed E-state index contributed by atoms with van der Waals surface area (Å²) in [5.41, 5.74) is 6.30. The standard InChI is InChI=1S/C15H21N5O.2ClH/c1-11(13-19-18-12-7-3-6-10-20(12)13)17-14(21)15(16)8-4-2-5-9-15;;/h3,6-7,10-11H,2,4-5,8-9,16H2,1H3,(H,17,21);2*1H. The lowest BCUT2D eigenvalue weighted by Crippen LogP contribution is -2.55. The number of carbonyl (C=O) groups is 1. The fraction of sp³-hybridized carbons (Fsp3) is 0.533. The minimum absolute atomic E-state index is 0. The number of fused-ring (bicyclic) bond motifs is 1. The number of aromatic nitrogens is 3. The van der Waals surface area contributed by atoms with Gasteiger partial charge in [0.2, 0.25) is 5.91 Å². The molecule has 2 aromatic heterocycles. The maximum atomic E-state index is 12.5. The van der Waals surface area contributed by atoms with Crippen LogP contribution in [-0.2, 0) is 4.79 Å². The van der Waals surface area contributed by atoms with Crippen LogP contribution < -0.4 is 11.1 Å². The Labute approximate surface area is 148 Å². The highest BCUT2D eigenvalue weighted by molar-refractivity contribution is 5.86. The van der Waals surface area contributed by atoms with Crippen LogP contribution >= 0.6 is 24.8 Å². The van der Waals surface area contributed by atoms with Gasteiger partial charge in [-0.2, -0.15) is 0 Å². The highest BCUT2D eigenvalue weighted by Gasteiger charge is 2.36. The second-order valence-corrected chi connectivity index (χ2v) is 5.90. The topological polar surface area (TPSA) is 85.3 Å². The Hall–Kier alpha value is -1.37. The summed E-state index contributed by atoms with van der Waals surface area (Å²) >= 11 is 0. The Kier molecular flexibility index (Phi) is 6.80. The normalized spacial score (nSPS) is 17.7. The van der Waals surface area contributed by atoms with Crippen LogP contribution in [0.5, 0.6) is 0 Å². The smallest absolute Gasteiger partial charge is 0.240 e. The summed E-state index contributed by atoms with van der Waals surface area (Å²) < 4.78 is 1.88. The predicted molar refractivity (Wildman–Crippen MR) is 94.0 cm³/mol. The van der Waals surface area contributed by atoms with Crippen molar-refractivity contribution in [2.75, 3.05) is 0 Å². The molecule has 0 spiro atoms. The van der Waals surface area contributed by atoms with Crippen molar-refractivity contribution in [1.82, 2.24) is 19.9 Å². The summed E-state index contributed by atoms with van der Waals surface area (Å²) in [5, 5.41) is 11.3. The lowest BCUT2D eigenvalue weighted by atomic mass is 9.82. The van der Waals surface area contributed by atoms with E-state index in [4.69, 9.17) is 5.73 Å². The van der Waals surface area contributed by atoms with E-state index in [1.54, 1.807) is 0 Å². The van der Waals surface area contributed by atoms with E-state index in [0.29, 0.717) is 0 Å². The van der Waals surface area contributed by atoms with Gasteiger partial charge in [0, 0.05) is 6.20 Å². The van der Waals surface area contributed by atoms with Gasteiger partial charge in [-0.1, -0.05) is 25.3 Å². The molecule has 8 heteroatoms. The molecule has 1 saturated carbocycles. The monoisotopic (exact) mass is 359 g/mol. The van der Waals surface area contributed by atoms with E-state index >= 15 is 0 Å². The number of hydrogen-bond acceptors (Lipinski definition) is 4. The Balaban J connectivity index is 0.00000132. The van der Waals surface area contributed by atoms with Gasteiger partial charge in [-0.05, 0) is 31.9 Å². The first-order chi connectivity index (χ1) is 10.1. The summed E-state index contributed by atoms with van der Waals surface area (Å²) in [7, 11) is 0. The number of carbonyl (C=O) groups excluding carboxylic acids is 1. The maximum Gasteiger partial charge on any atom is 0.240 e. The molecule has 0 saturated heterocycles. The zero-order chi connectivity index (χ0) is 14.9. The fourth-order valence-electron chi connectivity index (χ4n) is 2.97. The van der Waals surface area contributed by atoms with Gasteiger partial charge in [0.15, 0.2) is 11.5 Å². The molecule has 1 unspecified atom stereocenters. The van der Waals surface area contributed by atoms with Crippen LogP contribution in [0.2, 0.25) is 0 Å². The van der Waals surface area contributed by atoms with Crippen molar-refractivity contribution in [3.8, 4) is 0 Å². The molecule has 1 aliphatic rings. The summed E-state index contributed by atoms with van der Waals surface area (Å²) in [6.45, 7) is 1.91. The molecule has 6 nitrogen and oxygen atoms in total. The molecular formula is C15H23Cl2N5O. The Morgan fingerprint density at radius 3 is 2.65 bits per heavy atom. The summed E-state index contributed by atoms with van der Waals surface area (Å²) in [4.78, 5) is 12.5. The number of nitrogens with one attached hydrogen (secondary N) is 1. The lowest BCUT2D eigenvalue weighted by molar-refractivity contribution is -0.128. The van der Waals surface area contributed by atoms with Crippen molar-refractivity contribution >= 4 is 36.4 Å². The second-order valence-electron chi connectivity index (χ2n) is 5.90. The number of nitrogens with zero attached hydrogens (tertiary/aromatic N) is 3. The van der Waals surface area contributed by atoms with E-state index in [-0.39, 0.29) is 36.8 Å². The van der Waals surface area contributed by atoms with Crippen LogP contribution in [0.4, 0.5) is 0 Å². The number of pyridine rings is 1. The molecular weight excluding hydrogens is 337 g/mol. The third-order valence-corrected chi connectivity index (χ3v) is 4.27. The van der Waals surface area contributed by atoms with Crippen LogP contribution in [0.3, 0.4) is 0 Å². The van der Waals surface area contributed by atoms with Crippen molar-refractivity contribution < 1.29 is 4.79 Å². The number of nitrogens with two attached hydrogens (primary N) is 1. The second kappa shape index (κ2) is 7.95. The van der Waals surface area contributed by atoms with Crippen LogP contribution in [-0.4, -0.2) is 26.0 Å². The fourth-order valence-corrected chi connectivity index (χ4v) is 2.97. The minimum Gasteiger partial charge on any atom is -0.345 e. The van der Waals surface area contributed by atoms with Gasteiger partial charge in [0.25, 0.3) is 0 Å². The maximum absolute atomic E-state index is 12.5. The van der Waals surface area contributed by atoms with Gasteiger partial charge >= 0.3 is 0 Å². The molecule has 3 rings (SSSR count). The quantitative estimate of drug-likeness (QED) is 0.880. The van der Waals surface area contributed by atoms with E-state index in [2.05, 4.69) is 15.5 Å². The van der Waals surface area contributed by atoms with Crippen LogP contribution in [0.1, 0.15) is 50.9 Å². The van der Waals surface area contributed by atoms with Crippen molar-refractivity contribution in [2.24, 2.45) is 5.73 Å². The first-order valence-corrected chi connectivity index (χ1v) is 7.50. The Bertz CT molecular complexity index is 654. The molecule has 23 heavy (non-hydrogen) atoms. The van der Waals surface area contributed by atoms with E-state index in [0.717, 1.165) is 43.6 Å². The van der Waals surface area contributed by atoms with Gasteiger partial charge in [-0.3, -0.25) is 9.20 Å². The zero-order valence-electron chi connectivity index (χ0n) is 13.1. The lowest BCUT2D eigenvalue weighted by Gasteiger charge is -2.32. The first kappa shape index (κ1) is 19.7. The molecule has 1 atom stereocenters. The Morgan fingerprint density at radius 1 is 1.26 bits per heavy atom. The molecule has 1 aliphatic carbocycles. The highest BCUT2D eigenvalue weighted by Crippen LogP contribution is 2.26. The largest absolute Gasteiger partial charge is 0.345 e. The van der Waals surface area contributed by atoms with E-state index in [9.17, 15) is 4.79 Å². The van der Waals surface area contributed by atoms with Crippen molar-refractivity contribution in [2.45, 2.75) is 50.6 Å². The molecule has 0 aromatic carbocycles. The molecule has 128 valence electrons. The van der Waals surface area contributed by atoms with Gasteiger partial charge in [-0.25, -0.2) is 0 Å². The van der Waals surface area contributed by atoms with E-state index in [1.807, 2.05) is 35.7 Å². The number of halogens is 2. The number of hydrogen-bond donors (Lipinski definition) is 2. The third-order valence-electron chi connectivity index (χ3n) is 4.27. The van der Waals surface area contributed by atoms with E-state index < -0.39 is 5.54 Å². The predicted octanol–water partition coefficient (Wildman–Crippen LogP) is 2.41. The molecule has 0 aliphatic heterocycles. The van der Waals surface area contributed by atoms with Crippen molar-refractivity contribution in [3.63, 3.8) is 0 Å². The summed E-state index contributed by atoms with van der Waals surface area (Å²) in [6, 6.07) is 5.49. The van der Waals surface area contributed by atoms with Crippen molar-refractivity contribution in [1.29, 1.82) is 0 Å². The summed E-state index contributed by atoms with van der Waals surface area (Å²) in [5.74, 6) is 0.640. The third kappa shape index (κ3) is 3.94. The molecule has 0 radical (unpaired) electrons. The molecule has 1 fully saturated rings. The average Bonchev–Trinajstić information content (AvgIpc) is 2.92. The summed E-state index contributed by atoms with van der Waals surface area (Å²) in [6.07, 6.45) is 6.61. The van der Waals surface area contributed by atoms with Gasteiger partial charge in [0.1, 0.15) is 0 Å². The minimum atomic E-state index is -0.729. The molecule has 2 heterocycles. The van der Waals surface area contributed by atoms with Crippen LogP contribution in [0, 0.1) is 0 Å². The number of rotatable bonds is 3. The van der Waals surface area contributed by atoms with Gasteiger partial charge < -0.3 is 11.1 Å². The average molecular weight is 360 g/mol.